The molecule has 0 heterocycles. The summed E-state index contributed by atoms with van der Waals surface area (Å²) in [5.41, 5.74) is 0. The van der Waals surface area contributed by atoms with Gasteiger partial charge in [0.05, 0.1) is 16.7 Å². The summed E-state index contributed by atoms with van der Waals surface area (Å²) in [7, 11) is 0. The summed E-state index contributed by atoms with van der Waals surface area (Å²) in [5.74, 6) is 0.391. The fourth-order valence-corrected chi connectivity index (χ4v) is 1.80. The van der Waals surface area contributed by atoms with Crippen LogP contribution < -0.4 is 4.74 Å². The molecule has 7 heteroatoms. The largest absolute Gasteiger partial charge is 0.490 e. The lowest BCUT2D eigenvalue weighted by Gasteiger charge is -2.10. The van der Waals surface area contributed by atoms with Crippen LogP contribution in [0.1, 0.15) is 12.8 Å². The minimum Gasteiger partial charge on any atom is -0.490 e. The van der Waals surface area contributed by atoms with Gasteiger partial charge in [-0.05, 0) is 25.0 Å². The second-order valence-corrected chi connectivity index (χ2v) is 4.59. The molecule has 0 atom stereocenters. The quantitative estimate of drug-likeness (QED) is 0.677. The first-order valence-corrected chi connectivity index (χ1v) is 6.37. The van der Waals surface area contributed by atoms with Crippen molar-refractivity contribution in [1.29, 1.82) is 0 Å². The first kappa shape index (κ1) is 16.4. The number of benzene rings is 1. The minimum absolute atomic E-state index is 0.0408. The highest BCUT2D eigenvalue weighted by atomic mass is 35.5. The first-order valence-electron chi connectivity index (χ1n) is 5.61. The predicted molar refractivity (Wildman–Crippen MR) is 68.1 cm³/mol. The molecule has 0 aliphatic heterocycles. The van der Waals surface area contributed by atoms with Gasteiger partial charge in [0.15, 0.2) is 5.75 Å². The molecule has 0 fully saturated rings. The fraction of sp³-hybridized carbons (Fsp3) is 0.500. The van der Waals surface area contributed by atoms with Crippen molar-refractivity contribution in [1.82, 2.24) is 0 Å². The highest BCUT2D eigenvalue weighted by Gasteiger charge is 2.27. The third-order valence-corrected chi connectivity index (χ3v) is 2.71. The highest BCUT2D eigenvalue weighted by Crippen LogP contribution is 2.32. The molecule has 0 aliphatic rings. The average Bonchev–Trinajstić information content (AvgIpc) is 2.29. The van der Waals surface area contributed by atoms with E-state index in [0.717, 1.165) is 0 Å². The maximum atomic E-state index is 11.8. The number of alkyl halides is 3. The normalized spacial score (nSPS) is 11.6. The molecule has 0 aliphatic carbocycles. The van der Waals surface area contributed by atoms with Crippen LogP contribution in [0.5, 0.6) is 5.75 Å². The SMILES string of the molecule is FC(F)(F)COCCCCOc1c(Cl)cccc1Cl. The van der Waals surface area contributed by atoms with Gasteiger partial charge < -0.3 is 9.47 Å². The lowest BCUT2D eigenvalue weighted by atomic mass is 10.3. The van der Waals surface area contributed by atoms with E-state index in [-0.39, 0.29) is 6.61 Å². The van der Waals surface area contributed by atoms with Gasteiger partial charge in [-0.15, -0.1) is 0 Å². The standard InChI is InChI=1S/C12H13Cl2F3O2/c13-9-4-3-5-10(14)11(9)19-7-2-1-6-18-8-12(15,16)17/h3-5H,1-2,6-8H2. The second kappa shape index (κ2) is 7.82. The third-order valence-electron chi connectivity index (χ3n) is 2.11. The molecule has 0 unspecified atom stereocenters. The van der Waals surface area contributed by atoms with Crippen LogP contribution in [0.2, 0.25) is 10.0 Å². The monoisotopic (exact) mass is 316 g/mol. The van der Waals surface area contributed by atoms with E-state index in [1.54, 1.807) is 18.2 Å². The Morgan fingerprint density at radius 2 is 1.58 bits per heavy atom. The van der Waals surface area contributed by atoms with Crippen LogP contribution in [0.3, 0.4) is 0 Å². The van der Waals surface area contributed by atoms with Gasteiger partial charge in [-0.3, -0.25) is 0 Å². The zero-order valence-electron chi connectivity index (χ0n) is 9.97. The Morgan fingerprint density at radius 1 is 1.00 bits per heavy atom. The van der Waals surface area contributed by atoms with Gasteiger partial charge in [0, 0.05) is 6.61 Å². The predicted octanol–water partition coefficient (Wildman–Crippen LogP) is 4.73. The molecule has 1 aromatic rings. The molecule has 0 amide bonds. The molecule has 19 heavy (non-hydrogen) atoms. The molecule has 1 aromatic carbocycles. The summed E-state index contributed by atoms with van der Waals surface area (Å²) in [6.45, 7) is -0.859. The van der Waals surface area contributed by atoms with Crippen LogP contribution in [0, 0.1) is 0 Å². The number of ether oxygens (including phenoxy) is 2. The van der Waals surface area contributed by atoms with Crippen molar-refractivity contribution < 1.29 is 22.6 Å². The van der Waals surface area contributed by atoms with Gasteiger partial charge in [0.1, 0.15) is 6.61 Å². The van der Waals surface area contributed by atoms with Gasteiger partial charge in [-0.25, -0.2) is 0 Å². The Labute approximate surface area is 119 Å². The summed E-state index contributed by atoms with van der Waals surface area (Å²) < 4.78 is 45.1. The topological polar surface area (TPSA) is 18.5 Å². The molecule has 0 aromatic heterocycles. The van der Waals surface area contributed by atoms with Crippen molar-refractivity contribution in [2.75, 3.05) is 19.8 Å². The van der Waals surface area contributed by atoms with E-state index in [9.17, 15) is 13.2 Å². The number of hydrogen-bond acceptors (Lipinski definition) is 2. The second-order valence-electron chi connectivity index (χ2n) is 3.77. The summed E-state index contributed by atoms with van der Waals surface area (Å²) in [6, 6.07) is 4.99. The van der Waals surface area contributed by atoms with E-state index in [2.05, 4.69) is 4.74 Å². The van der Waals surface area contributed by atoms with Gasteiger partial charge in [0.2, 0.25) is 0 Å². The van der Waals surface area contributed by atoms with E-state index < -0.39 is 12.8 Å². The maximum absolute atomic E-state index is 11.8. The van der Waals surface area contributed by atoms with Crippen LogP contribution in [0.4, 0.5) is 13.2 Å². The Kier molecular flexibility index (Phi) is 6.75. The van der Waals surface area contributed by atoms with Gasteiger partial charge in [-0.1, -0.05) is 29.3 Å². The molecule has 0 bridgehead atoms. The summed E-state index contributed by atoms with van der Waals surface area (Å²) in [6.07, 6.45) is -3.25. The lowest BCUT2D eigenvalue weighted by molar-refractivity contribution is -0.174. The third kappa shape index (κ3) is 6.89. The number of halogens is 5. The average molecular weight is 317 g/mol. The van der Waals surface area contributed by atoms with Crippen molar-refractivity contribution in [3.05, 3.63) is 28.2 Å². The number of unbranched alkanes of at least 4 members (excludes halogenated alkanes) is 1. The van der Waals surface area contributed by atoms with Crippen molar-refractivity contribution in [3.63, 3.8) is 0 Å². The van der Waals surface area contributed by atoms with Crippen molar-refractivity contribution in [2.45, 2.75) is 19.0 Å². The molecule has 0 saturated heterocycles. The summed E-state index contributed by atoms with van der Waals surface area (Å²) >= 11 is 11.8. The Hall–Kier alpha value is -0.650. The van der Waals surface area contributed by atoms with E-state index in [1.165, 1.54) is 0 Å². The molecular formula is C12H13Cl2F3O2. The Morgan fingerprint density at radius 3 is 2.16 bits per heavy atom. The molecule has 2 nitrogen and oxygen atoms in total. The number of rotatable bonds is 7. The van der Waals surface area contributed by atoms with Gasteiger partial charge >= 0.3 is 6.18 Å². The van der Waals surface area contributed by atoms with E-state index in [1.807, 2.05) is 0 Å². The molecule has 108 valence electrons. The van der Waals surface area contributed by atoms with Crippen molar-refractivity contribution in [2.24, 2.45) is 0 Å². The molecule has 1 rings (SSSR count). The van der Waals surface area contributed by atoms with Crippen LogP contribution in [0.25, 0.3) is 0 Å². The van der Waals surface area contributed by atoms with Crippen LogP contribution in [0.15, 0.2) is 18.2 Å². The highest BCUT2D eigenvalue weighted by molar-refractivity contribution is 6.37. The van der Waals surface area contributed by atoms with Crippen molar-refractivity contribution in [3.8, 4) is 5.75 Å². The number of hydrogen-bond donors (Lipinski definition) is 0. The summed E-state index contributed by atoms with van der Waals surface area (Å²) in [5, 5.41) is 0.807. The van der Waals surface area contributed by atoms with Crippen LogP contribution >= 0.6 is 23.2 Å². The van der Waals surface area contributed by atoms with Crippen LogP contribution in [-0.2, 0) is 4.74 Å². The molecule has 0 spiro atoms. The van der Waals surface area contributed by atoms with Crippen LogP contribution in [-0.4, -0.2) is 26.0 Å². The molecule has 0 saturated carbocycles. The summed E-state index contributed by atoms with van der Waals surface area (Å²) in [4.78, 5) is 0. The van der Waals surface area contributed by atoms with E-state index >= 15 is 0 Å². The number of para-hydroxylation sites is 1. The minimum atomic E-state index is -4.28. The van der Waals surface area contributed by atoms with Gasteiger partial charge in [0.25, 0.3) is 0 Å². The van der Waals surface area contributed by atoms with E-state index in [0.29, 0.717) is 35.2 Å². The zero-order valence-corrected chi connectivity index (χ0v) is 11.5. The fourth-order valence-electron chi connectivity index (χ4n) is 1.29. The van der Waals surface area contributed by atoms with E-state index in [4.69, 9.17) is 27.9 Å². The van der Waals surface area contributed by atoms with Crippen molar-refractivity contribution >= 4 is 23.2 Å². The Balaban J connectivity index is 2.15. The molecule has 0 radical (unpaired) electrons. The first-order chi connectivity index (χ1) is 8.90. The smallest absolute Gasteiger partial charge is 0.411 e. The maximum Gasteiger partial charge on any atom is 0.411 e. The molecule has 0 N–H and O–H groups in total. The lowest BCUT2D eigenvalue weighted by Crippen LogP contribution is -2.17. The zero-order chi connectivity index (χ0) is 14.3. The molecular weight excluding hydrogens is 304 g/mol. The Bertz CT molecular complexity index is 377. The van der Waals surface area contributed by atoms with Gasteiger partial charge in [-0.2, -0.15) is 13.2 Å².